The molecule has 2 amide bonds. The van der Waals surface area contributed by atoms with Crippen LogP contribution in [0.15, 0.2) is 41.3 Å². The molecule has 2 aromatic carbocycles. The van der Waals surface area contributed by atoms with Crippen LogP contribution in [0, 0.1) is 6.92 Å². The van der Waals surface area contributed by atoms with Crippen LogP contribution in [0.2, 0.25) is 0 Å². The highest BCUT2D eigenvalue weighted by Crippen LogP contribution is 2.33. The van der Waals surface area contributed by atoms with Crippen molar-refractivity contribution in [3.05, 3.63) is 42.0 Å². The Bertz CT molecular complexity index is 1110. The van der Waals surface area contributed by atoms with Gasteiger partial charge in [0.2, 0.25) is 5.91 Å². The summed E-state index contributed by atoms with van der Waals surface area (Å²) >= 11 is 0. The first-order valence-electron chi connectivity index (χ1n) is 9.30. The molecule has 0 unspecified atom stereocenters. The molecule has 0 bridgehead atoms. The summed E-state index contributed by atoms with van der Waals surface area (Å²) in [6.07, 6.45) is 0.619. The van der Waals surface area contributed by atoms with Crippen LogP contribution >= 0.6 is 0 Å². The monoisotopic (exact) mass is 415 g/mol. The quantitative estimate of drug-likeness (QED) is 0.799. The predicted octanol–water partition coefficient (Wildman–Crippen LogP) is 2.64. The molecule has 1 fully saturated rings. The van der Waals surface area contributed by atoms with Gasteiger partial charge in [-0.25, -0.2) is 8.42 Å². The van der Waals surface area contributed by atoms with Crippen molar-refractivity contribution in [2.75, 3.05) is 21.5 Å². The van der Waals surface area contributed by atoms with Gasteiger partial charge in [-0.1, -0.05) is 6.07 Å². The number of hydrogen-bond donors (Lipinski definition) is 2. The number of nitrogens with zero attached hydrogens (tertiary/aromatic N) is 1. The number of aryl methyl sites for hydroxylation is 1. The minimum Gasteiger partial charge on any atom is -0.479 e. The van der Waals surface area contributed by atoms with E-state index in [1.165, 1.54) is 12.1 Å². The molecule has 29 heavy (non-hydrogen) atoms. The van der Waals surface area contributed by atoms with Gasteiger partial charge < -0.3 is 15.0 Å². The summed E-state index contributed by atoms with van der Waals surface area (Å²) in [6.45, 7) is 3.92. The first kappa shape index (κ1) is 19.3. The van der Waals surface area contributed by atoms with E-state index in [1.807, 2.05) is 0 Å². The second-order valence-corrected chi connectivity index (χ2v) is 8.82. The van der Waals surface area contributed by atoms with Gasteiger partial charge in [0.05, 0.1) is 16.3 Å². The molecule has 2 N–H and O–H groups in total. The van der Waals surface area contributed by atoms with Gasteiger partial charge in [0.15, 0.2) is 6.10 Å². The lowest BCUT2D eigenvalue weighted by atomic mass is 10.2. The van der Waals surface area contributed by atoms with Crippen LogP contribution < -0.4 is 19.7 Å². The number of carbonyl (C=O) groups is 2. The van der Waals surface area contributed by atoms with E-state index in [0.717, 1.165) is 6.42 Å². The van der Waals surface area contributed by atoms with E-state index in [-0.39, 0.29) is 16.7 Å². The summed E-state index contributed by atoms with van der Waals surface area (Å²) < 4.78 is 34.1. The second kappa shape index (κ2) is 7.07. The molecule has 2 heterocycles. The van der Waals surface area contributed by atoms with Crippen molar-refractivity contribution in [2.45, 2.75) is 37.7 Å². The highest BCUT2D eigenvalue weighted by Gasteiger charge is 2.26. The largest absolute Gasteiger partial charge is 0.479 e. The molecule has 152 valence electrons. The van der Waals surface area contributed by atoms with Crippen LogP contribution in [0.1, 0.15) is 25.3 Å². The molecule has 0 saturated carbocycles. The molecule has 4 rings (SSSR count). The fourth-order valence-corrected chi connectivity index (χ4v) is 4.76. The van der Waals surface area contributed by atoms with Crippen LogP contribution in [0.4, 0.5) is 17.1 Å². The third-order valence-corrected chi connectivity index (χ3v) is 6.53. The van der Waals surface area contributed by atoms with Crippen molar-refractivity contribution in [1.82, 2.24) is 0 Å². The van der Waals surface area contributed by atoms with Crippen LogP contribution in [0.3, 0.4) is 0 Å². The maximum absolute atomic E-state index is 13.0. The lowest BCUT2D eigenvalue weighted by Gasteiger charge is -2.24. The van der Waals surface area contributed by atoms with E-state index in [4.69, 9.17) is 4.74 Å². The van der Waals surface area contributed by atoms with Crippen molar-refractivity contribution in [3.8, 4) is 5.75 Å². The highest BCUT2D eigenvalue weighted by atomic mass is 32.2. The number of nitrogens with one attached hydrogen (secondary N) is 2. The Kier molecular flexibility index (Phi) is 4.70. The van der Waals surface area contributed by atoms with Gasteiger partial charge in [0.25, 0.3) is 15.9 Å². The zero-order valence-corrected chi connectivity index (χ0v) is 16.9. The van der Waals surface area contributed by atoms with E-state index < -0.39 is 16.1 Å². The highest BCUT2D eigenvalue weighted by molar-refractivity contribution is 7.92. The van der Waals surface area contributed by atoms with Gasteiger partial charge in [0, 0.05) is 18.7 Å². The number of sulfonamides is 1. The summed E-state index contributed by atoms with van der Waals surface area (Å²) in [6, 6.07) is 9.66. The summed E-state index contributed by atoms with van der Waals surface area (Å²) in [7, 11) is -3.91. The number of anilines is 3. The zero-order valence-electron chi connectivity index (χ0n) is 16.1. The lowest BCUT2D eigenvalue weighted by Crippen LogP contribution is -2.34. The smallest absolute Gasteiger partial charge is 0.265 e. The Labute approximate surface area is 168 Å². The van der Waals surface area contributed by atoms with Crippen LogP contribution in [0.25, 0.3) is 0 Å². The average molecular weight is 415 g/mol. The van der Waals surface area contributed by atoms with Crippen LogP contribution in [0.5, 0.6) is 5.75 Å². The minimum atomic E-state index is -3.91. The number of hydrogen-bond acceptors (Lipinski definition) is 5. The molecule has 2 aromatic rings. The van der Waals surface area contributed by atoms with Crippen molar-refractivity contribution >= 4 is 38.9 Å². The topological polar surface area (TPSA) is 105 Å². The van der Waals surface area contributed by atoms with E-state index >= 15 is 0 Å². The van der Waals surface area contributed by atoms with Crippen LogP contribution in [-0.4, -0.2) is 32.9 Å². The normalized spacial score (nSPS) is 18.8. The molecule has 0 radical (unpaired) electrons. The summed E-state index contributed by atoms with van der Waals surface area (Å²) in [5.74, 6) is 0.173. The summed E-state index contributed by atoms with van der Waals surface area (Å²) in [5.41, 5.74) is 1.83. The van der Waals surface area contributed by atoms with E-state index in [2.05, 4.69) is 10.0 Å². The molecule has 2 aliphatic rings. The van der Waals surface area contributed by atoms with Gasteiger partial charge in [-0.05, 0) is 56.2 Å². The Morgan fingerprint density at radius 1 is 1.17 bits per heavy atom. The molecular weight excluding hydrogens is 394 g/mol. The molecule has 1 saturated heterocycles. The van der Waals surface area contributed by atoms with Crippen molar-refractivity contribution in [3.63, 3.8) is 0 Å². The van der Waals surface area contributed by atoms with Gasteiger partial charge in [-0.2, -0.15) is 0 Å². The maximum atomic E-state index is 13.0. The third-order valence-electron chi connectivity index (χ3n) is 5.01. The lowest BCUT2D eigenvalue weighted by molar-refractivity contribution is -0.122. The number of benzene rings is 2. The zero-order chi connectivity index (χ0) is 20.8. The SMILES string of the molecule is Cc1ccc(N2CCCC2=O)cc1S(=O)(=O)Nc1ccc2c(c1)NC(=O)[C@@H](C)O2. The molecule has 0 spiro atoms. The Balaban J connectivity index is 1.63. The van der Waals surface area contributed by atoms with E-state index in [9.17, 15) is 18.0 Å². The fourth-order valence-electron chi connectivity index (χ4n) is 3.45. The minimum absolute atomic E-state index is 0.00943. The number of ether oxygens (including phenoxy) is 1. The molecule has 2 aliphatic heterocycles. The van der Waals surface area contributed by atoms with Gasteiger partial charge in [-0.3, -0.25) is 14.3 Å². The van der Waals surface area contributed by atoms with Crippen LogP contribution in [-0.2, 0) is 19.6 Å². The number of carbonyl (C=O) groups excluding carboxylic acids is 2. The van der Waals surface area contributed by atoms with E-state index in [1.54, 1.807) is 43.0 Å². The fraction of sp³-hybridized carbons (Fsp3) is 0.300. The standard InChI is InChI=1S/C20H21N3O5S/c1-12-5-7-15(23-9-3-4-19(23)24)11-18(12)29(26,27)22-14-6-8-17-16(10-14)21-20(25)13(2)28-17/h5-8,10-11,13,22H,3-4,9H2,1-2H3,(H,21,25)/t13-/m1/s1. The first-order valence-corrected chi connectivity index (χ1v) is 10.8. The molecule has 0 aliphatic carbocycles. The Hall–Kier alpha value is -3.07. The van der Waals surface area contributed by atoms with Crippen molar-refractivity contribution in [2.24, 2.45) is 0 Å². The van der Waals surface area contributed by atoms with E-state index in [0.29, 0.717) is 41.3 Å². The van der Waals surface area contributed by atoms with Gasteiger partial charge >= 0.3 is 0 Å². The van der Waals surface area contributed by atoms with Gasteiger partial charge in [-0.15, -0.1) is 0 Å². The number of amides is 2. The number of fused-ring (bicyclic) bond motifs is 1. The predicted molar refractivity (Wildman–Crippen MR) is 109 cm³/mol. The maximum Gasteiger partial charge on any atom is 0.265 e. The third kappa shape index (κ3) is 3.65. The molecule has 0 aromatic heterocycles. The first-order chi connectivity index (χ1) is 13.7. The second-order valence-electron chi connectivity index (χ2n) is 7.16. The Morgan fingerprint density at radius 3 is 2.69 bits per heavy atom. The van der Waals surface area contributed by atoms with Crippen molar-refractivity contribution in [1.29, 1.82) is 0 Å². The summed E-state index contributed by atoms with van der Waals surface area (Å²) in [5, 5.41) is 2.70. The molecule has 1 atom stereocenters. The average Bonchev–Trinajstić information content (AvgIpc) is 3.09. The summed E-state index contributed by atoms with van der Waals surface area (Å²) in [4.78, 5) is 25.5. The van der Waals surface area contributed by atoms with Crippen molar-refractivity contribution < 1.29 is 22.7 Å². The molecule has 8 nitrogen and oxygen atoms in total. The van der Waals surface area contributed by atoms with Gasteiger partial charge in [0.1, 0.15) is 5.75 Å². The number of rotatable bonds is 4. The molecule has 9 heteroatoms. The Morgan fingerprint density at radius 2 is 1.97 bits per heavy atom. The molecular formula is C20H21N3O5S.